The number of nitrogens with zero attached hydrogens (tertiary/aromatic N) is 1. The molecule has 0 amide bonds. The lowest BCUT2D eigenvalue weighted by Crippen LogP contribution is -2.44. The number of hydrogen-bond acceptors (Lipinski definition) is 3. The van der Waals surface area contributed by atoms with Gasteiger partial charge >= 0.3 is 0 Å². The molecule has 1 unspecified atom stereocenters. The lowest BCUT2D eigenvalue weighted by atomic mass is 10.2. The van der Waals surface area contributed by atoms with Gasteiger partial charge in [0.25, 0.3) is 0 Å². The summed E-state index contributed by atoms with van der Waals surface area (Å²) in [6.45, 7) is 4.75. The van der Waals surface area contributed by atoms with Crippen molar-refractivity contribution in [2.75, 3.05) is 33.3 Å². The fraction of sp³-hybridized carbons (Fsp3) is 0.636. The van der Waals surface area contributed by atoms with Crippen molar-refractivity contribution in [3.8, 4) is 0 Å². The van der Waals surface area contributed by atoms with E-state index >= 15 is 0 Å². The molecule has 0 spiro atoms. The maximum atomic E-state index is 5.66. The van der Waals surface area contributed by atoms with Gasteiger partial charge in [0.1, 0.15) is 0 Å². The van der Waals surface area contributed by atoms with Crippen LogP contribution < -0.4 is 5.32 Å². The van der Waals surface area contributed by atoms with Crippen LogP contribution in [0, 0.1) is 0 Å². The summed E-state index contributed by atoms with van der Waals surface area (Å²) in [7, 11) is 2.13. The molecule has 1 aliphatic heterocycles. The van der Waals surface area contributed by atoms with E-state index < -0.39 is 0 Å². The molecule has 2 rings (SSSR count). The van der Waals surface area contributed by atoms with Gasteiger partial charge in [-0.25, -0.2) is 0 Å². The topological polar surface area (TPSA) is 40.3 Å². The van der Waals surface area contributed by atoms with Gasteiger partial charge in [0.15, 0.2) is 0 Å². The van der Waals surface area contributed by atoms with E-state index in [0.29, 0.717) is 6.10 Å². The van der Waals surface area contributed by atoms with E-state index in [9.17, 15) is 0 Å². The van der Waals surface area contributed by atoms with E-state index in [2.05, 4.69) is 28.3 Å². The molecule has 1 atom stereocenters. The molecule has 84 valence electrons. The summed E-state index contributed by atoms with van der Waals surface area (Å²) < 4.78 is 5.66. The molecule has 0 aromatic carbocycles. The minimum Gasteiger partial charge on any atom is -0.374 e. The van der Waals surface area contributed by atoms with E-state index in [4.69, 9.17) is 4.74 Å². The molecule has 1 aromatic heterocycles. The lowest BCUT2D eigenvalue weighted by Gasteiger charge is -2.27. The normalized spacial score (nSPS) is 22.1. The monoisotopic (exact) mass is 209 g/mol. The first-order valence-electron chi connectivity index (χ1n) is 5.47. The number of aromatic amines is 1. The van der Waals surface area contributed by atoms with Gasteiger partial charge in [0, 0.05) is 38.6 Å². The van der Waals surface area contributed by atoms with E-state index in [1.54, 1.807) is 0 Å². The summed E-state index contributed by atoms with van der Waals surface area (Å²) in [5.41, 5.74) is 1.32. The second-order valence-corrected chi connectivity index (χ2v) is 4.11. The van der Waals surface area contributed by atoms with Crippen molar-refractivity contribution in [1.29, 1.82) is 0 Å². The number of likely N-dealkylation sites (N-methyl/N-ethyl adjacent to an activating group) is 1. The van der Waals surface area contributed by atoms with Crippen molar-refractivity contribution in [2.45, 2.75) is 12.6 Å². The van der Waals surface area contributed by atoms with Crippen molar-refractivity contribution in [1.82, 2.24) is 15.2 Å². The van der Waals surface area contributed by atoms with E-state index in [1.165, 1.54) is 5.56 Å². The maximum Gasteiger partial charge on any atom is 0.0826 e. The third kappa shape index (κ3) is 3.34. The molecule has 1 fully saturated rings. The Morgan fingerprint density at radius 3 is 3.20 bits per heavy atom. The first kappa shape index (κ1) is 10.7. The molecule has 15 heavy (non-hydrogen) atoms. The Balaban J connectivity index is 1.74. The Labute approximate surface area is 90.6 Å². The molecule has 1 aliphatic rings. The Kier molecular flexibility index (Phi) is 3.77. The van der Waals surface area contributed by atoms with Crippen molar-refractivity contribution < 1.29 is 4.74 Å². The van der Waals surface area contributed by atoms with Crippen molar-refractivity contribution in [3.05, 3.63) is 24.0 Å². The quantitative estimate of drug-likeness (QED) is 0.755. The summed E-state index contributed by atoms with van der Waals surface area (Å²) in [4.78, 5) is 5.36. The largest absolute Gasteiger partial charge is 0.374 e. The number of aromatic nitrogens is 1. The number of H-pyrrole nitrogens is 1. The fourth-order valence-corrected chi connectivity index (χ4v) is 1.92. The second kappa shape index (κ2) is 5.30. The van der Waals surface area contributed by atoms with Crippen LogP contribution in [0.1, 0.15) is 5.56 Å². The zero-order valence-electron chi connectivity index (χ0n) is 9.20. The van der Waals surface area contributed by atoms with E-state index in [-0.39, 0.29) is 0 Å². The summed E-state index contributed by atoms with van der Waals surface area (Å²) in [5, 5.41) is 3.34. The second-order valence-electron chi connectivity index (χ2n) is 4.11. The number of ether oxygens (including phenoxy) is 1. The molecule has 0 bridgehead atoms. The molecule has 0 saturated carbocycles. The zero-order valence-corrected chi connectivity index (χ0v) is 9.20. The zero-order chi connectivity index (χ0) is 10.5. The predicted octanol–water partition coefficient (Wildman–Crippen LogP) is 0.435. The van der Waals surface area contributed by atoms with Crippen LogP contribution in [0.2, 0.25) is 0 Å². The number of rotatable bonds is 4. The van der Waals surface area contributed by atoms with Gasteiger partial charge in [-0.05, 0) is 18.7 Å². The molecular weight excluding hydrogens is 190 g/mol. The van der Waals surface area contributed by atoms with Gasteiger partial charge in [-0.3, -0.25) is 4.90 Å². The lowest BCUT2D eigenvalue weighted by molar-refractivity contribution is 0.00885. The van der Waals surface area contributed by atoms with Crippen LogP contribution in [-0.4, -0.2) is 49.3 Å². The van der Waals surface area contributed by atoms with Crippen LogP contribution in [-0.2, 0) is 11.3 Å². The SMILES string of the molecule is CN(Cc1cc[nH]c1)CC1CNCCO1. The summed E-state index contributed by atoms with van der Waals surface area (Å²) in [6, 6.07) is 2.11. The maximum absolute atomic E-state index is 5.66. The highest BCUT2D eigenvalue weighted by Crippen LogP contribution is 2.04. The van der Waals surface area contributed by atoms with Crippen molar-refractivity contribution >= 4 is 0 Å². The van der Waals surface area contributed by atoms with E-state index in [0.717, 1.165) is 32.8 Å². The Morgan fingerprint density at radius 1 is 1.60 bits per heavy atom. The Hall–Kier alpha value is -0.840. The third-order valence-electron chi connectivity index (χ3n) is 2.63. The minimum absolute atomic E-state index is 0.336. The molecule has 0 aliphatic carbocycles. The molecular formula is C11H19N3O. The van der Waals surface area contributed by atoms with Crippen LogP contribution in [0.15, 0.2) is 18.5 Å². The van der Waals surface area contributed by atoms with Crippen LogP contribution in [0.4, 0.5) is 0 Å². The predicted molar refractivity (Wildman–Crippen MR) is 59.7 cm³/mol. The first-order chi connectivity index (χ1) is 7.34. The van der Waals surface area contributed by atoms with Crippen LogP contribution >= 0.6 is 0 Å². The molecule has 4 nitrogen and oxygen atoms in total. The highest BCUT2D eigenvalue weighted by atomic mass is 16.5. The van der Waals surface area contributed by atoms with Crippen LogP contribution in [0.5, 0.6) is 0 Å². The first-order valence-corrected chi connectivity index (χ1v) is 5.47. The van der Waals surface area contributed by atoms with Crippen molar-refractivity contribution in [2.24, 2.45) is 0 Å². The van der Waals surface area contributed by atoms with Crippen LogP contribution in [0.25, 0.3) is 0 Å². The molecule has 2 N–H and O–H groups in total. The third-order valence-corrected chi connectivity index (χ3v) is 2.63. The molecule has 0 radical (unpaired) electrons. The average Bonchev–Trinajstić information content (AvgIpc) is 2.71. The molecule has 2 heterocycles. The van der Waals surface area contributed by atoms with Gasteiger partial charge in [0.05, 0.1) is 12.7 Å². The Morgan fingerprint density at radius 2 is 2.53 bits per heavy atom. The fourth-order valence-electron chi connectivity index (χ4n) is 1.92. The van der Waals surface area contributed by atoms with Gasteiger partial charge in [-0.15, -0.1) is 0 Å². The number of morpholine rings is 1. The van der Waals surface area contributed by atoms with Gasteiger partial charge in [0.2, 0.25) is 0 Å². The van der Waals surface area contributed by atoms with Gasteiger partial charge < -0.3 is 15.0 Å². The van der Waals surface area contributed by atoms with Crippen LogP contribution in [0.3, 0.4) is 0 Å². The molecule has 1 aromatic rings. The van der Waals surface area contributed by atoms with Crippen molar-refractivity contribution in [3.63, 3.8) is 0 Å². The number of hydrogen-bond donors (Lipinski definition) is 2. The molecule has 1 saturated heterocycles. The van der Waals surface area contributed by atoms with E-state index in [1.807, 2.05) is 12.4 Å². The van der Waals surface area contributed by atoms with Gasteiger partial charge in [-0.2, -0.15) is 0 Å². The highest BCUT2D eigenvalue weighted by Gasteiger charge is 2.15. The smallest absolute Gasteiger partial charge is 0.0826 e. The standard InChI is InChI=1S/C11H19N3O/c1-14(8-10-2-3-12-6-10)9-11-7-13-4-5-15-11/h2-3,6,11-13H,4-5,7-9H2,1H3. The Bertz CT molecular complexity index is 267. The summed E-state index contributed by atoms with van der Waals surface area (Å²) in [5.74, 6) is 0. The molecule has 4 heteroatoms. The highest BCUT2D eigenvalue weighted by molar-refractivity contribution is 5.07. The average molecular weight is 209 g/mol. The minimum atomic E-state index is 0.336. The number of nitrogens with one attached hydrogen (secondary N) is 2. The summed E-state index contributed by atoms with van der Waals surface area (Å²) in [6.07, 6.45) is 4.33. The van der Waals surface area contributed by atoms with Gasteiger partial charge in [-0.1, -0.05) is 0 Å². The summed E-state index contributed by atoms with van der Waals surface area (Å²) >= 11 is 0.